The van der Waals surface area contributed by atoms with Gasteiger partial charge in [0.1, 0.15) is 12.4 Å². The molecule has 0 radical (unpaired) electrons. The molecule has 27 heavy (non-hydrogen) atoms. The Kier molecular flexibility index (Phi) is 8.12. The summed E-state index contributed by atoms with van der Waals surface area (Å²) >= 11 is 4.80. The maximum Gasteiger partial charge on any atom is 0.240 e. The fraction of sp³-hybridized carbons (Fsp3) is 0.278. The zero-order chi connectivity index (χ0) is 19.9. The fourth-order valence-electron chi connectivity index (χ4n) is 2.28. The Hall–Kier alpha value is -1.58. The number of hydrogen-bond acceptors (Lipinski definition) is 4. The maximum absolute atomic E-state index is 13.5. The first kappa shape index (κ1) is 21.7. The molecule has 0 atom stereocenters. The second-order valence-corrected chi connectivity index (χ2v) is 9.58. The molecular weight excluding hydrogens is 455 g/mol. The van der Waals surface area contributed by atoms with Gasteiger partial charge in [0.2, 0.25) is 15.9 Å². The summed E-state index contributed by atoms with van der Waals surface area (Å²) < 4.78 is 39.3. The fourth-order valence-corrected chi connectivity index (χ4v) is 4.61. The number of benzene rings is 2. The van der Waals surface area contributed by atoms with Crippen LogP contribution in [0.25, 0.3) is 0 Å². The van der Waals surface area contributed by atoms with E-state index in [0.29, 0.717) is 33.8 Å². The van der Waals surface area contributed by atoms with Crippen LogP contribution in [0.1, 0.15) is 5.56 Å². The van der Waals surface area contributed by atoms with Gasteiger partial charge in [-0.15, -0.1) is 0 Å². The van der Waals surface area contributed by atoms with Crippen molar-refractivity contribution in [3.05, 3.63) is 64.4 Å². The second-order valence-electron chi connectivity index (χ2n) is 5.71. The summed E-state index contributed by atoms with van der Waals surface area (Å²) in [5.74, 6) is 0.456. The van der Waals surface area contributed by atoms with Gasteiger partial charge < -0.3 is 5.32 Å². The summed E-state index contributed by atoms with van der Waals surface area (Å²) in [4.78, 5) is 12.2. The molecule has 2 rings (SSSR count). The number of nitrogens with zero attached hydrogens (tertiary/aromatic N) is 1. The predicted molar refractivity (Wildman–Crippen MR) is 112 cm³/mol. The van der Waals surface area contributed by atoms with E-state index in [-0.39, 0.29) is 12.4 Å². The van der Waals surface area contributed by atoms with Crippen LogP contribution in [0, 0.1) is 5.82 Å². The summed E-state index contributed by atoms with van der Waals surface area (Å²) in [5, 5.41) is 2.70. The highest BCUT2D eigenvalue weighted by molar-refractivity contribution is 9.10. The number of amides is 1. The van der Waals surface area contributed by atoms with Crippen molar-refractivity contribution in [2.75, 3.05) is 29.4 Å². The van der Waals surface area contributed by atoms with Gasteiger partial charge in [-0.2, -0.15) is 11.8 Å². The average Bonchev–Trinajstić information content (AvgIpc) is 2.61. The van der Waals surface area contributed by atoms with E-state index in [0.717, 1.165) is 10.6 Å². The van der Waals surface area contributed by atoms with Crippen LogP contribution in [0.15, 0.2) is 53.0 Å². The van der Waals surface area contributed by atoms with Crippen molar-refractivity contribution in [1.82, 2.24) is 5.32 Å². The molecule has 0 bridgehead atoms. The molecule has 2 aromatic rings. The lowest BCUT2D eigenvalue weighted by molar-refractivity contribution is -0.119. The van der Waals surface area contributed by atoms with Crippen molar-refractivity contribution in [1.29, 1.82) is 0 Å². The number of rotatable bonds is 9. The van der Waals surface area contributed by atoms with Crippen LogP contribution in [-0.4, -0.2) is 39.4 Å². The van der Waals surface area contributed by atoms with Gasteiger partial charge in [-0.25, -0.2) is 12.8 Å². The molecule has 0 aliphatic carbocycles. The van der Waals surface area contributed by atoms with Crippen molar-refractivity contribution < 1.29 is 17.6 Å². The number of sulfonamides is 1. The van der Waals surface area contributed by atoms with Gasteiger partial charge in [0, 0.05) is 22.5 Å². The summed E-state index contributed by atoms with van der Waals surface area (Å²) in [6.07, 6.45) is 1.06. The Bertz CT molecular complexity index is 894. The zero-order valence-electron chi connectivity index (χ0n) is 14.7. The standard InChI is InChI=1S/C18H20BrFN2O3S2/c1-27(24,25)22(17-9-5-3-7-15(17)19)12-18(23)21-10-11-26-13-14-6-2-4-8-16(14)20/h2-9H,10-13H2,1H3,(H,21,23). The number of anilines is 1. The molecule has 9 heteroatoms. The lowest BCUT2D eigenvalue weighted by Gasteiger charge is -2.23. The Morgan fingerprint density at radius 3 is 2.52 bits per heavy atom. The third kappa shape index (κ3) is 6.82. The second kappa shape index (κ2) is 10.1. The minimum Gasteiger partial charge on any atom is -0.354 e. The van der Waals surface area contributed by atoms with Crippen molar-refractivity contribution in [3.8, 4) is 0 Å². The third-order valence-electron chi connectivity index (χ3n) is 3.59. The number of carbonyl (C=O) groups is 1. The monoisotopic (exact) mass is 474 g/mol. The van der Waals surface area contributed by atoms with Crippen molar-refractivity contribution in [2.24, 2.45) is 0 Å². The number of thioether (sulfide) groups is 1. The topological polar surface area (TPSA) is 66.5 Å². The van der Waals surface area contributed by atoms with Crippen molar-refractivity contribution >= 4 is 49.3 Å². The molecule has 0 aromatic heterocycles. The van der Waals surface area contributed by atoms with E-state index in [2.05, 4.69) is 21.2 Å². The van der Waals surface area contributed by atoms with E-state index >= 15 is 0 Å². The molecule has 1 amide bonds. The molecule has 0 heterocycles. The number of para-hydroxylation sites is 1. The van der Waals surface area contributed by atoms with Crippen LogP contribution in [0.4, 0.5) is 10.1 Å². The lowest BCUT2D eigenvalue weighted by Crippen LogP contribution is -2.41. The largest absolute Gasteiger partial charge is 0.354 e. The average molecular weight is 475 g/mol. The van der Waals surface area contributed by atoms with E-state index in [4.69, 9.17) is 0 Å². The van der Waals surface area contributed by atoms with E-state index in [1.807, 2.05) is 0 Å². The molecule has 5 nitrogen and oxygen atoms in total. The summed E-state index contributed by atoms with van der Waals surface area (Å²) in [5.41, 5.74) is 1.02. The Morgan fingerprint density at radius 2 is 1.85 bits per heavy atom. The lowest BCUT2D eigenvalue weighted by atomic mass is 10.2. The van der Waals surface area contributed by atoms with Gasteiger partial charge in [-0.3, -0.25) is 9.10 Å². The molecule has 0 saturated heterocycles. The summed E-state index contributed by atoms with van der Waals surface area (Å²) in [6.45, 7) is 0.0605. The molecule has 0 saturated carbocycles. The van der Waals surface area contributed by atoms with E-state index in [1.165, 1.54) is 17.8 Å². The Morgan fingerprint density at radius 1 is 1.19 bits per heavy atom. The highest BCUT2D eigenvalue weighted by atomic mass is 79.9. The van der Waals surface area contributed by atoms with Crippen LogP contribution in [0.2, 0.25) is 0 Å². The van der Waals surface area contributed by atoms with Crippen LogP contribution in [0.3, 0.4) is 0 Å². The molecule has 0 spiro atoms. The van der Waals surface area contributed by atoms with Crippen LogP contribution in [0.5, 0.6) is 0 Å². The van der Waals surface area contributed by atoms with E-state index in [1.54, 1.807) is 42.5 Å². The number of carbonyl (C=O) groups excluding carboxylic acids is 1. The molecule has 1 N–H and O–H groups in total. The minimum atomic E-state index is -3.62. The molecule has 0 unspecified atom stereocenters. The van der Waals surface area contributed by atoms with Gasteiger partial charge >= 0.3 is 0 Å². The van der Waals surface area contributed by atoms with Crippen molar-refractivity contribution in [3.63, 3.8) is 0 Å². The van der Waals surface area contributed by atoms with Crippen LogP contribution in [-0.2, 0) is 20.6 Å². The van der Waals surface area contributed by atoms with Gasteiger partial charge in [0.15, 0.2) is 0 Å². The van der Waals surface area contributed by atoms with E-state index in [9.17, 15) is 17.6 Å². The molecule has 0 aliphatic heterocycles. The Labute approximate surface area is 171 Å². The number of hydrogen-bond donors (Lipinski definition) is 1. The third-order valence-corrected chi connectivity index (χ3v) is 6.40. The molecule has 0 fully saturated rings. The molecule has 146 valence electrons. The van der Waals surface area contributed by atoms with Gasteiger partial charge in [-0.1, -0.05) is 30.3 Å². The predicted octanol–water partition coefficient (Wildman–Crippen LogP) is 3.40. The molecule has 0 aliphatic rings. The normalized spacial score (nSPS) is 11.2. The van der Waals surface area contributed by atoms with E-state index < -0.39 is 15.9 Å². The number of halogens is 2. The van der Waals surface area contributed by atoms with Crippen LogP contribution >= 0.6 is 27.7 Å². The highest BCUT2D eigenvalue weighted by Gasteiger charge is 2.22. The first-order valence-electron chi connectivity index (χ1n) is 8.09. The zero-order valence-corrected chi connectivity index (χ0v) is 17.9. The van der Waals surface area contributed by atoms with Crippen molar-refractivity contribution in [2.45, 2.75) is 5.75 Å². The van der Waals surface area contributed by atoms with Gasteiger partial charge in [-0.05, 0) is 39.7 Å². The SMILES string of the molecule is CS(=O)(=O)N(CC(=O)NCCSCc1ccccc1F)c1ccccc1Br. The maximum atomic E-state index is 13.5. The summed E-state index contributed by atoms with van der Waals surface area (Å²) in [6, 6.07) is 13.4. The minimum absolute atomic E-state index is 0.244. The quantitative estimate of drug-likeness (QED) is 0.565. The summed E-state index contributed by atoms with van der Waals surface area (Å²) in [7, 11) is -3.62. The molecular formula is C18H20BrFN2O3S2. The Balaban J connectivity index is 1.84. The van der Waals surface area contributed by atoms with Gasteiger partial charge in [0.25, 0.3) is 0 Å². The number of nitrogens with one attached hydrogen (secondary N) is 1. The molecule has 2 aromatic carbocycles. The smallest absolute Gasteiger partial charge is 0.240 e. The van der Waals surface area contributed by atoms with Gasteiger partial charge in [0.05, 0.1) is 11.9 Å². The van der Waals surface area contributed by atoms with Crippen LogP contribution < -0.4 is 9.62 Å². The first-order valence-corrected chi connectivity index (χ1v) is 11.9. The first-order chi connectivity index (χ1) is 12.8. The highest BCUT2D eigenvalue weighted by Crippen LogP contribution is 2.27.